The van der Waals surface area contributed by atoms with Gasteiger partial charge in [-0.05, 0) is 50.8 Å². The van der Waals surface area contributed by atoms with Crippen molar-refractivity contribution in [3.8, 4) is 5.75 Å². The van der Waals surface area contributed by atoms with Gasteiger partial charge in [0, 0.05) is 56.3 Å². The molecule has 0 spiro atoms. The molecule has 0 radical (unpaired) electrons. The molecule has 1 unspecified atom stereocenters. The Morgan fingerprint density at radius 3 is 2.63 bits per heavy atom. The predicted molar refractivity (Wildman–Crippen MR) is 114 cm³/mol. The van der Waals surface area contributed by atoms with Crippen LogP contribution in [0, 0.1) is 6.92 Å². The number of ether oxygens (including phenoxy) is 2. The van der Waals surface area contributed by atoms with E-state index in [2.05, 4.69) is 4.90 Å². The first-order chi connectivity index (χ1) is 14.5. The van der Waals surface area contributed by atoms with Gasteiger partial charge in [-0.15, -0.1) is 0 Å². The van der Waals surface area contributed by atoms with E-state index in [1.165, 1.54) is 0 Å². The molecule has 1 saturated heterocycles. The second-order valence-corrected chi connectivity index (χ2v) is 8.19. The average molecular weight is 415 g/mol. The SMILES string of the molecule is COCCN1CCN(C(=O)C(C)Oc2ccc3c4c(c(=O)oc3c2C)CCC4)CC1. The van der Waals surface area contributed by atoms with E-state index in [9.17, 15) is 9.59 Å². The molecule has 2 aliphatic rings. The maximum atomic E-state index is 12.9. The second kappa shape index (κ2) is 8.78. The zero-order chi connectivity index (χ0) is 21.3. The maximum Gasteiger partial charge on any atom is 0.339 e. The van der Waals surface area contributed by atoms with Crippen molar-refractivity contribution in [2.75, 3.05) is 46.4 Å². The summed E-state index contributed by atoms with van der Waals surface area (Å²) in [6.07, 6.45) is 2.07. The van der Waals surface area contributed by atoms with Gasteiger partial charge in [-0.1, -0.05) is 0 Å². The Balaban J connectivity index is 1.46. The third kappa shape index (κ3) is 3.96. The van der Waals surface area contributed by atoms with Crippen molar-refractivity contribution < 1.29 is 18.7 Å². The van der Waals surface area contributed by atoms with Crippen LogP contribution in [-0.2, 0) is 22.4 Å². The summed E-state index contributed by atoms with van der Waals surface area (Å²) in [5.41, 5.74) is 3.01. The van der Waals surface area contributed by atoms with Gasteiger partial charge < -0.3 is 18.8 Å². The van der Waals surface area contributed by atoms with Gasteiger partial charge in [0.1, 0.15) is 11.3 Å². The van der Waals surface area contributed by atoms with E-state index < -0.39 is 6.10 Å². The summed E-state index contributed by atoms with van der Waals surface area (Å²) in [7, 11) is 1.70. The summed E-state index contributed by atoms with van der Waals surface area (Å²) >= 11 is 0. The molecule has 7 heteroatoms. The highest BCUT2D eigenvalue weighted by Crippen LogP contribution is 2.33. The van der Waals surface area contributed by atoms with Crippen molar-refractivity contribution in [1.29, 1.82) is 0 Å². The second-order valence-electron chi connectivity index (χ2n) is 8.19. The van der Waals surface area contributed by atoms with E-state index in [-0.39, 0.29) is 11.5 Å². The first-order valence-electron chi connectivity index (χ1n) is 10.7. The van der Waals surface area contributed by atoms with Crippen LogP contribution < -0.4 is 10.4 Å². The number of piperazine rings is 1. The molecular formula is C23H30N2O5. The molecular weight excluding hydrogens is 384 g/mol. The van der Waals surface area contributed by atoms with E-state index in [0.29, 0.717) is 31.0 Å². The molecule has 1 aromatic heterocycles. The Bertz CT molecular complexity index is 991. The third-order valence-corrected chi connectivity index (χ3v) is 6.29. The number of amides is 1. The number of carbonyl (C=O) groups excluding carboxylic acids is 1. The Kier molecular flexibility index (Phi) is 6.11. The van der Waals surface area contributed by atoms with Crippen LogP contribution in [0.4, 0.5) is 0 Å². The number of benzene rings is 1. The highest BCUT2D eigenvalue weighted by molar-refractivity contribution is 5.86. The van der Waals surface area contributed by atoms with Gasteiger partial charge in [-0.25, -0.2) is 4.79 Å². The molecule has 1 aliphatic heterocycles. The first-order valence-corrected chi connectivity index (χ1v) is 10.7. The van der Waals surface area contributed by atoms with Gasteiger partial charge in [0.2, 0.25) is 0 Å². The normalized spacial score (nSPS) is 17.9. The Morgan fingerprint density at radius 1 is 1.17 bits per heavy atom. The van der Waals surface area contributed by atoms with Gasteiger partial charge in [-0.2, -0.15) is 0 Å². The summed E-state index contributed by atoms with van der Waals surface area (Å²) in [4.78, 5) is 29.4. The molecule has 1 atom stereocenters. The van der Waals surface area contributed by atoms with Crippen molar-refractivity contribution in [2.45, 2.75) is 39.2 Å². The summed E-state index contributed by atoms with van der Waals surface area (Å²) in [5.74, 6) is 0.569. The molecule has 30 heavy (non-hydrogen) atoms. The average Bonchev–Trinajstić information content (AvgIpc) is 3.25. The molecule has 1 aliphatic carbocycles. The van der Waals surface area contributed by atoms with Gasteiger partial charge in [-0.3, -0.25) is 9.69 Å². The first kappa shape index (κ1) is 20.9. The van der Waals surface area contributed by atoms with Crippen LogP contribution >= 0.6 is 0 Å². The number of carbonyl (C=O) groups is 1. The summed E-state index contributed by atoms with van der Waals surface area (Å²) in [5, 5.41) is 0.984. The van der Waals surface area contributed by atoms with Crippen molar-refractivity contribution in [3.05, 3.63) is 39.2 Å². The molecule has 2 aromatic rings. The summed E-state index contributed by atoms with van der Waals surface area (Å²) < 4.78 is 16.8. The number of hydrogen-bond donors (Lipinski definition) is 0. The molecule has 0 saturated carbocycles. The minimum Gasteiger partial charge on any atom is -0.480 e. The fraction of sp³-hybridized carbons (Fsp3) is 0.565. The van der Waals surface area contributed by atoms with E-state index in [1.807, 2.05) is 24.0 Å². The summed E-state index contributed by atoms with van der Waals surface area (Å²) in [6, 6.07) is 3.85. The monoisotopic (exact) mass is 414 g/mol. The van der Waals surface area contributed by atoms with Gasteiger partial charge in [0.25, 0.3) is 5.91 Å². The Labute approximate surface area is 176 Å². The molecule has 4 rings (SSSR count). The van der Waals surface area contributed by atoms with Crippen molar-refractivity contribution in [1.82, 2.24) is 9.80 Å². The summed E-state index contributed by atoms with van der Waals surface area (Å²) in [6.45, 7) is 8.31. The lowest BCUT2D eigenvalue weighted by Gasteiger charge is -2.35. The van der Waals surface area contributed by atoms with Gasteiger partial charge >= 0.3 is 5.63 Å². The molecule has 7 nitrogen and oxygen atoms in total. The quantitative estimate of drug-likeness (QED) is 0.675. The van der Waals surface area contributed by atoms with Crippen LogP contribution in [-0.4, -0.2) is 68.3 Å². The fourth-order valence-corrected chi connectivity index (χ4v) is 4.50. The van der Waals surface area contributed by atoms with Crippen LogP contribution in [0.1, 0.15) is 30.0 Å². The number of nitrogens with zero attached hydrogens (tertiary/aromatic N) is 2. The minimum absolute atomic E-state index is 0.0173. The number of hydrogen-bond acceptors (Lipinski definition) is 6. The molecule has 0 bridgehead atoms. The molecule has 1 fully saturated rings. The number of methoxy groups -OCH3 is 1. The van der Waals surface area contributed by atoms with Gasteiger partial charge in [0.05, 0.1) is 6.61 Å². The number of fused-ring (bicyclic) bond motifs is 3. The predicted octanol–water partition coefficient (Wildman–Crippen LogP) is 2.15. The highest BCUT2D eigenvalue weighted by atomic mass is 16.5. The lowest BCUT2D eigenvalue weighted by molar-refractivity contribution is -0.139. The molecule has 1 amide bonds. The van der Waals surface area contributed by atoms with Crippen molar-refractivity contribution >= 4 is 16.9 Å². The van der Waals surface area contributed by atoms with E-state index in [0.717, 1.165) is 61.0 Å². The molecule has 2 heterocycles. The van der Waals surface area contributed by atoms with Crippen molar-refractivity contribution in [3.63, 3.8) is 0 Å². The number of rotatable bonds is 6. The molecule has 0 N–H and O–H groups in total. The minimum atomic E-state index is -0.604. The largest absolute Gasteiger partial charge is 0.480 e. The van der Waals surface area contributed by atoms with Crippen LogP contribution in [0.15, 0.2) is 21.3 Å². The van der Waals surface area contributed by atoms with Gasteiger partial charge in [0.15, 0.2) is 6.10 Å². The smallest absolute Gasteiger partial charge is 0.339 e. The van der Waals surface area contributed by atoms with E-state index >= 15 is 0 Å². The molecule has 162 valence electrons. The van der Waals surface area contributed by atoms with E-state index in [4.69, 9.17) is 13.9 Å². The zero-order valence-electron chi connectivity index (χ0n) is 18.0. The maximum absolute atomic E-state index is 12.9. The highest BCUT2D eigenvalue weighted by Gasteiger charge is 2.27. The third-order valence-electron chi connectivity index (χ3n) is 6.29. The Morgan fingerprint density at radius 2 is 1.90 bits per heavy atom. The lowest BCUT2D eigenvalue weighted by Crippen LogP contribution is -2.52. The van der Waals surface area contributed by atoms with Crippen LogP contribution in [0.5, 0.6) is 5.75 Å². The van der Waals surface area contributed by atoms with Crippen LogP contribution in [0.2, 0.25) is 0 Å². The topological polar surface area (TPSA) is 72.2 Å². The van der Waals surface area contributed by atoms with Crippen molar-refractivity contribution in [2.24, 2.45) is 0 Å². The number of aryl methyl sites for hydroxylation is 2. The standard InChI is InChI=1S/C23H30N2O5/c1-15-20(8-7-18-17-5-4-6-19(17)23(27)30-21(15)18)29-16(2)22(26)25-11-9-24(10-12-25)13-14-28-3/h7-8,16H,4-6,9-14H2,1-3H3. The Hall–Kier alpha value is -2.38. The fourth-order valence-electron chi connectivity index (χ4n) is 4.50. The van der Waals surface area contributed by atoms with E-state index in [1.54, 1.807) is 14.0 Å². The lowest BCUT2D eigenvalue weighted by atomic mass is 10.0. The molecule has 1 aromatic carbocycles. The van der Waals surface area contributed by atoms with Crippen LogP contribution in [0.3, 0.4) is 0 Å². The van der Waals surface area contributed by atoms with Crippen LogP contribution in [0.25, 0.3) is 11.0 Å². The zero-order valence-corrected chi connectivity index (χ0v) is 18.0.